The number of rotatable bonds is 4. The number of amides is 1. The third-order valence-electron chi connectivity index (χ3n) is 4.78. The molecule has 0 aromatic heterocycles. The summed E-state index contributed by atoms with van der Waals surface area (Å²) in [6.45, 7) is 12.8. The van der Waals surface area contributed by atoms with Crippen LogP contribution in [0.3, 0.4) is 0 Å². The van der Waals surface area contributed by atoms with Gasteiger partial charge in [0.1, 0.15) is 12.4 Å². The van der Waals surface area contributed by atoms with Crippen molar-refractivity contribution in [3.8, 4) is 0 Å². The van der Waals surface area contributed by atoms with E-state index in [9.17, 15) is 22.8 Å². The number of ether oxygens (including phenoxy) is 2. The molecule has 0 aliphatic carbocycles. The smallest absolute Gasteiger partial charge is 0.458 e. The molecule has 10 heteroatoms. The maximum Gasteiger partial charge on any atom is 0.471 e. The SMILES string of the molecule is CC(=O)O[C@@H]1[C@H](C)O[C@H](O[Si](C)(C)C(C)(C)C)C[C@H]1NC(=O)C(F)(F)F. The van der Waals surface area contributed by atoms with E-state index in [1.807, 2.05) is 39.2 Å². The van der Waals surface area contributed by atoms with Crippen molar-refractivity contribution in [1.82, 2.24) is 5.32 Å². The first kappa shape index (κ1) is 22.9. The Hall–Kier alpha value is -1.13. The molecular formula is C16H28F3NO5Si. The molecule has 0 radical (unpaired) electrons. The van der Waals surface area contributed by atoms with E-state index in [4.69, 9.17) is 13.9 Å². The number of hydrogen-bond acceptors (Lipinski definition) is 5. The fraction of sp³-hybridized carbons (Fsp3) is 0.875. The topological polar surface area (TPSA) is 73.9 Å². The fourth-order valence-electron chi connectivity index (χ4n) is 2.38. The second-order valence-corrected chi connectivity index (χ2v) is 12.8. The van der Waals surface area contributed by atoms with Crippen molar-refractivity contribution in [2.45, 2.75) is 89.9 Å². The molecule has 6 nitrogen and oxygen atoms in total. The highest BCUT2D eigenvalue weighted by atomic mass is 28.4. The van der Waals surface area contributed by atoms with E-state index in [1.165, 1.54) is 0 Å². The Morgan fingerprint density at radius 2 is 1.73 bits per heavy atom. The molecular weight excluding hydrogens is 371 g/mol. The van der Waals surface area contributed by atoms with Gasteiger partial charge in [-0.3, -0.25) is 9.59 Å². The van der Waals surface area contributed by atoms with E-state index >= 15 is 0 Å². The van der Waals surface area contributed by atoms with Crippen LogP contribution in [0.5, 0.6) is 0 Å². The van der Waals surface area contributed by atoms with Crippen molar-refractivity contribution in [2.24, 2.45) is 0 Å². The van der Waals surface area contributed by atoms with Crippen molar-refractivity contribution < 1.29 is 36.7 Å². The van der Waals surface area contributed by atoms with E-state index in [1.54, 1.807) is 6.92 Å². The monoisotopic (exact) mass is 399 g/mol. The first-order valence-electron chi connectivity index (χ1n) is 8.43. The van der Waals surface area contributed by atoms with Gasteiger partial charge in [-0.05, 0) is 25.1 Å². The van der Waals surface area contributed by atoms with E-state index in [-0.39, 0.29) is 11.5 Å². The van der Waals surface area contributed by atoms with Gasteiger partial charge >= 0.3 is 18.1 Å². The summed E-state index contributed by atoms with van der Waals surface area (Å²) in [7, 11) is -2.25. The molecule has 0 bridgehead atoms. The number of carbonyl (C=O) groups excluding carboxylic acids is 2. The maximum atomic E-state index is 12.6. The third-order valence-corrected chi connectivity index (χ3v) is 9.24. The van der Waals surface area contributed by atoms with Crippen LogP contribution in [0.2, 0.25) is 18.1 Å². The number of hydrogen-bond donors (Lipinski definition) is 1. The van der Waals surface area contributed by atoms with E-state index < -0.39 is 50.9 Å². The Balaban J connectivity index is 2.99. The summed E-state index contributed by atoms with van der Waals surface area (Å²) in [5.74, 6) is -2.75. The molecule has 1 amide bonds. The van der Waals surface area contributed by atoms with Gasteiger partial charge in [-0.25, -0.2) is 0 Å². The molecule has 0 unspecified atom stereocenters. The van der Waals surface area contributed by atoms with Crippen LogP contribution < -0.4 is 5.32 Å². The fourth-order valence-corrected chi connectivity index (χ4v) is 3.55. The molecule has 0 aromatic carbocycles. The molecule has 1 aliphatic rings. The van der Waals surface area contributed by atoms with Crippen LogP contribution in [0, 0.1) is 0 Å². The standard InChI is InChI=1S/C16H28F3NO5Si/c1-9-13(24-10(2)21)11(20-14(22)16(17,18)19)8-12(23-9)25-26(6,7)15(3,4)5/h9,11-13H,8H2,1-7H3,(H,20,22)/t9-,11+,12+,13+/m0/s1. The Bertz CT molecular complexity index is 533. The number of nitrogens with one attached hydrogen (secondary N) is 1. The molecule has 1 rings (SSSR count). The van der Waals surface area contributed by atoms with Gasteiger partial charge in [-0.1, -0.05) is 20.8 Å². The highest BCUT2D eigenvalue weighted by Crippen LogP contribution is 2.39. The number of carbonyl (C=O) groups is 2. The van der Waals surface area contributed by atoms with Crippen LogP contribution in [-0.2, 0) is 23.5 Å². The van der Waals surface area contributed by atoms with Gasteiger partial charge in [-0.15, -0.1) is 0 Å². The number of alkyl halides is 3. The molecule has 1 aliphatic heterocycles. The minimum Gasteiger partial charge on any atom is -0.458 e. The Kier molecular flexibility index (Phi) is 6.92. The van der Waals surface area contributed by atoms with Gasteiger partial charge in [-0.2, -0.15) is 13.2 Å². The molecule has 0 aromatic rings. The van der Waals surface area contributed by atoms with Crippen LogP contribution in [0.25, 0.3) is 0 Å². The first-order chi connectivity index (χ1) is 11.5. The molecule has 152 valence electrons. The van der Waals surface area contributed by atoms with Crippen molar-refractivity contribution in [1.29, 1.82) is 0 Å². The summed E-state index contributed by atoms with van der Waals surface area (Å²) in [5.41, 5.74) is 0. The lowest BCUT2D eigenvalue weighted by Crippen LogP contribution is -2.60. The lowest BCUT2D eigenvalue weighted by Gasteiger charge is -2.45. The van der Waals surface area contributed by atoms with Gasteiger partial charge in [0, 0.05) is 13.3 Å². The molecule has 0 spiro atoms. The van der Waals surface area contributed by atoms with E-state index in [0.29, 0.717) is 0 Å². The summed E-state index contributed by atoms with van der Waals surface area (Å²) >= 11 is 0. The highest BCUT2D eigenvalue weighted by Gasteiger charge is 2.47. The lowest BCUT2D eigenvalue weighted by atomic mass is 9.99. The third kappa shape index (κ3) is 5.95. The van der Waals surface area contributed by atoms with Crippen molar-refractivity contribution in [3.05, 3.63) is 0 Å². The normalized spacial score (nSPS) is 27.8. The predicted molar refractivity (Wildman–Crippen MR) is 90.8 cm³/mol. The second kappa shape index (κ2) is 7.85. The zero-order chi connectivity index (χ0) is 20.5. The Morgan fingerprint density at radius 1 is 1.19 bits per heavy atom. The van der Waals surface area contributed by atoms with Crippen LogP contribution in [-0.4, -0.2) is 50.9 Å². The predicted octanol–water partition coefficient (Wildman–Crippen LogP) is 3.12. The molecule has 1 fully saturated rings. The zero-order valence-electron chi connectivity index (χ0n) is 16.2. The molecule has 4 atom stereocenters. The van der Waals surface area contributed by atoms with E-state index in [0.717, 1.165) is 6.92 Å². The van der Waals surface area contributed by atoms with Crippen LogP contribution in [0.4, 0.5) is 13.2 Å². The van der Waals surface area contributed by atoms with Crippen molar-refractivity contribution in [3.63, 3.8) is 0 Å². The first-order valence-corrected chi connectivity index (χ1v) is 11.3. The van der Waals surface area contributed by atoms with Gasteiger partial charge < -0.3 is 19.2 Å². The average molecular weight is 399 g/mol. The Morgan fingerprint density at radius 3 is 2.15 bits per heavy atom. The van der Waals surface area contributed by atoms with Gasteiger partial charge in [0.05, 0.1) is 12.1 Å². The lowest BCUT2D eigenvalue weighted by molar-refractivity contribution is -0.212. The van der Waals surface area contributed by atoms with Crippen LogP contribution >= 0.6 is 0 Å². The van der Waals surface area contributed by atoms with Crippen LogP contribution in [0.15, 0.2) is 0 Å². The summed E-state index contributed by atoms with van der Waals surface area (Å²) in [5, 5.41) is 1.79. The second-order valence-electron chi connectivity index (χ2n) is 8.04. The molecule has 1 heterocycles. The minimum absolute atomic E-state index is 0.0450. The summed E-state index contributed by atoms with van der Waals surface area (Å²) in [6.07, 6.45) is -7.63. The van der Waals surface area contributed by atoms with Gasteiger partial charge in [0.15, 0.2) is 8.32 Å². The van der Waals surface area contributed by atoms with Crippen molar-refractivity contribution >= 4 is 20.2 Å². The Labute approximate surface area is 152 Å². The largest absolute Gasteiger partial charge is 0.471 e. The minimum atomic E-state index is -5.03. The highest BCUT2D eigenvalue weighted by molar-refractivity contribution is 6.74. The summed E-state index contributed by atoms with van der Waals surface area (Å²) < 4.78 is 54.8. The zero-order valence-corrected chi connectivity index (χ0v) is 17.2. The molecule has 0 saturated carbocycles. The number of esters is 1. The van der Waals surface area contributed by atoms with Gasteiger partial charge in [0.25, 0.3) is 0 Å². The number of halogens is 3. The summed E-state index contributed by atoms with van der Waals surface area (Å²) in [6, 6.07) is -1.06. The van der Waals surface area contributed by atoms with Crippen molar-refractivity contribution in [2.75, 3.05) is 0 Å². The maximum absolute atomic E-state index is 12.6. The molecule has 1 saturated heterocycles. The van der Waals surface area contributed by atoms with Crippen LogP contribution in [0.1, 0.15) is 41.0 Å². The average Bonchev–Trinajstić information content (AvgIpc) is 2.39. The van der Waals surface area contributed by atoms with E-state index in [2.05, 4.69) is 0 Å². The summed E-state index contributed by atoms with van der Waals surface area (Å²) in [4.78, 5) is 22.7. The van der Waals surface area contributed by atoms with Gasteiger partial charge in [0.2, 0.25) is 0 Å². The molecule has 1 N–H and O–H groups in total. The molecule has 26 heavy (non-hydrogen) atoms. The quantitative estimate of drug-likeness (QED) is 0.581.